The zero-order valence-corrected chi connectivity index (χ0v) is 9.52. The minimum Gasteiger partial charge on any atom is -0.496 e. The van der Waals surface area contributed by atoms with E-state index in [1.807, 2.05) is 18.4 Å². The van der Waals surface area contributed by atoms with Gasteiger partial charge < -0.3 is 14.8 Å². The zero-order chi connectivity index (χ0) is 10.2. The third-order valence-electron chi connectivity index (χ3n) is 1.84. The van der Waals surface area contributed by atoms with Gasteiger partial charge in [-0.25, -0.2) is 0 Å². The van der Waals surface area contributed by atoms with E-state index >= 15 is 0 Å². The summed E-state index contributed by atoms with van der Waals surface area (Å²) in [5.41, 5.74) is 0. The van der Waals surface area contributed by atoms with Crippen LogP contribution in [0, 0.1) is 0 Å². The van der Waals surface area contributed by atoms with Crippen molar-refractivity contribution in [1.82, 2.24) is 5.32 Å². The second-order valence-corrected chi connectivity index (χ2v) is 3.79. The average Bonchev–Trinajstić information content (AvgIpc) is 2.65. The standard InChI is InChI=1S/C10H17NO2S/c1-3-13-6-5-11-8-10-9(12-2)4-7-14-10/h4,7,11H,3,5-6,8H2,1-2H3. The van der Waals surface area contributed by atoms with E-state index in [4.69, 9.17) is 9.47 Å². The minimum atomic E-state index is 0.768. The van der Waals surface area contributed by atoms with Gasteiger partial charge in [0.1, 0.15) is 5.75 Å². The Morgan fingerprint density at radius 3 is 3.07 bits per heavy atom. The number of thiophene rings is 1. The van der Waals surface area contributed by atoms with Crippen molar-refractivity contribution in [2.24, 2.45) is 0 Å². The molecular formula is C10H17NO2S. The van der Waals surface area contributed by atoms with Crippen LogP contribution in [0.15, 0.2) is 11.4 Å². The number of ether oxygens (including phenoxy) is 2. The van der Waals surface area contributed by atoms with Crippen molar-refractivity contribution in [3.05, 3.63) is 16.3 Å². The molecule has 0 aromatic carbocycles. The molecule has 0 fully saturated rings. The first-order chi connectivity index (χ1) is 6.88. The molecule has 3 nitrogen and oxygen atoms in total. The van der Waals surface area contributed by atoms with Crippen LogP contribution in [0.5, 0.6) is 5.75 Å². The maximum atomic E-state index is 5.22. The number of hydrogen-bond donors (Lipinski definition) is 1. The predicted octanol–water partition coefficient (Wildman–Crippen LogP) is 1.88. The Labute approximate surface area is 89.0 Å². The Morgan fingerprint density at radius 2 is 2.36 bits per heavy atom. The third-order valence-corrected chi connectivity index (χ3v) is 2.74. The summed E-state index contributed by atoms with van der Waals surface area (Å²) in [7, 11) is 1.70. The van der Waals surface area contributed by atoms with Crippen LogP contribution < -0.4 is 10.1 Å². The highest BCUT2D eigenvalue weighted by molar-refractivity contribution is 7.10. The lowest BCUT2D eigenvalue weighted by Gasteiger charge is -2.05. The van der Waals surface area contributed by atoms with Crippen LogP contribution in [0.3, 0.4) is 0 Å². The predicted molar refractivity (Wildman–Crippen MR) is 59.1 cm³/mol. The zero-order valence-electron chi connectivity index (χ0n) is 8.71. The van der Waals surface area contributed by atoms with Crippen molar-refractivity contribution < 1.29 is 9.47 Å². The van der Waals surface area contributed by atoms with Crippen molar-refractivity contribution in [1.29, 1.82) is 0 Å². The summed E-state index contributed by atoms with van der Waals surface area (Å²) in [6.45, 7) is 5.29. The molecule has 0 aliphatic rings. The third kappa shape index (κ3) is 3.65. The van der Waals surface area contributed by atoms with Crippen LogP contribution in [0.25, 0.3) is 0 Å². The van der Waals surface area contributed by atoms with E-state index in [9.17, 15) is 0 Å². The first-order valence-corrected chi connectivity index (χ1v) is 5.65. The molecule has 1 heterocycles. The summed E-state index contributed by atoms with van der Waals surface area (Å²) in [4.78, 5) is 1.24. The number of rotatable bonds is 7. The maximum Gasteiger partial charge on any atom is 0.134 e. The van der Waals surface area contributed by atoms with E-state index < -0.39 is 0 Å². The lowest BCUT2D eigenvalue weighted by Crippen LogP contribution is -2.18. The summed E-state index contributed by atoms with van der Waals surface area (Å²) >= 11 is 1.71. The molecule has 0 bridgehead atoms. The summed E-state index contributed by atoms with van der Waals surface area (Å²) < 4.78 is 10.4. The fraction of sp³-hybridized carbons (Fsp3) is 0.600. The van der Waals surface area contributed by atoms with Crippen LogP contribution in [0.4, 0.5) is 0 Å². The van der Waals surface area contributed by atoms with Crippen LogP contribution in [-0.4, -0.2) is 26.9 Å². The van der Waals surface area contributed by atoms with E-state index in [0.29, 0.717) is 0 Å². The smallest absolute Gasteiger partial charge is 0.134 e. The molecule has 80 valence electrons. The topological polar surface area (TPSA) is 30.5 Å². The van der Waals surface area contributed by atoms with E-state index in [1.165, 1.54) is 4.88 Å². The molecule has 0 saturated carbocycles. The summed E-state index contributed by atoms with van der Waals surface area (Å²) in [5, 5.41) is 5.34. The van der Waals surface area contributed by atoms with E-state index in [-0.39, 0.29) is 0 Å². The molecule has 1 N–H and O–H groups in total. The number of hydrogen-bond acceptors (Lipinski definition) is 4. The van der Waals surface area contributed by atoms with Gasteiger partial charge in [0, 0.05) is 19.7 Å². The first kappa shape index (κ1) is 11.5. The molecule has 0 aliphatic carbocycles. The largest absolute Gasteiger partial charge is 0.496 e. The van der Waals surface area contributed by atoms with Crippen LogP contribution in [-0.2, 0) is 11.3 Å². The molecule has 0 saturated heterocycles. The molecule has 14 heavy (non-hydrogen) atoms. The number of nitrogens with one attached hydrogen (secondary N) is 1. The van der Waals surface area contributed by atoms with Gasteiger partial charge in [-0.2, -0.15) is 0 Å². The van der Waals surface area contributed by atoms with Crippen molar-refractivity contribution in [2.75, 3.05) is 26.9 Å². The van der Waals surface area contributed by atoms with Crippen LogP contribution >= 0.6 is 11.3 Å². The van der Waals surface area contributed by atoms with E-state index in [0.717, 1.165) is 32.1 Å². The van der Waals surface area contributed by atoms with Gasteiger partial charge in [0.2, 0.25) is 0 Å². The second-order valence-electron chi connectivity index (χ2n) is 2.79. The highest BCUT2D eigenvalue weighted by Crippen LogP contribution is 2.23. The number of methoxy groups -OCH3 is 1. The van der Waals surface area contributed by atoms with Crippen molar-refractivity contribution in [2.45, 2.75) is 13.5 Å². The van der Waals surface area contributed by atoms with Crippen LogP contribution in [0.1, 0.15) is 11.8 Å². The van der Waals surface area contributed by atoms with Crippen molar-refractivity contribution >= 4 is 11.3 Å². The summed E-state index contributed by atoms with van der Waals surface area (Å²) in [6.07, 6.45) is 0. The van der Waals surface area contributed by atoms with Gasteiger partial charge in [0.05, 0.1) is 18.6 Å². The fourth-order valence-electron chi connectivity index (χ4n) is 1.13. The Balaban J connectivity index is 2.17. The van der Waals surface area contributed by atoms with Gasteiger partial charge in [-0.1, -0.05) is 0 Å². The van der Waals surface area contributed by atoms with Gasteiger partial charge in [-0.15, -0.1) is 11.3 Å². The molecule has 0 atom stereocenters. The minimum absolute atomic E-state index is 0.768. The maximum absolute atomic E-state index is 5.22. The Hall–Kier alpha value is -0.580. The Bertz CT molecular complexity index is 250. The van der Waals surface area contributed by atoms with Gasteiger partial charge in [0.25, 0.3) is 0 Å². The molecule has 0 amide bonds. The Kier molecular flexibility index (Phi) is 5.59. The fourth-order valence-corrected chi connectivity index (χ4v) is 1.94. The molecule has 1 aromatic heterocycles. The SMILES string of the molecule is CCOCCNCc1sccc1OC. The van der Waals surface area contributed by atoms with Gasteiger partial charge in [0.15, 0.2) is 0 Å². The Morgan fingerprint density at radius 1 is 1.50 bits per heavy atom. The molecule has 0 spiro atoms. The van der Waals surface area contributed by atoms with E-state index in [1.54, 1.807) is 18.4 Å². The van der Waals surface area contributed by atoms with Crippen LogP contribution in [0.2, 0.25) is 0 Å². The summed E-state index contributed by atoms with van der Waals surface area (Å²) in [6, 6.07) is 1.99. The quantitative estimate of drug-likeness (QED) is 0.704. The highest BCUT2D eigenvalue weighted by Gasteiger charge is 2.02. The molecule has 1 aromatic rings. The van der Waals surface area contributed by atoms with Crippen molar-refractivity contribution in [3.63, 3.8) is 0 Å². The average molecular weight is 215 g/mol. The molecule has 0 unspecified atom stereocenters. The highest BCUT2D eigenvalue weighted by atomic mass is 32.1. The normalized spacial score (nSPS) is 10.4. The second kappa shape index (κ2) is 6.81. The lowest BCUT2D eigenvalue weighted by molar-refractivity contribution is 0.149. The molecule has 1 rings (SSSR count). The molecular weight excluding hydrogens is 198 g/mol. The van der Waals surface area contributed by atoms with Gasteiger partial charge >= 0.3 is 0 Å². The molecule has 0 aliphatic heterocycles. The van der Waals surface area contributed by atoms with Gasteiger partial charge in [-0.05, 0) is 18.4 Å². The van der Waals surface area contributed by atoms with E-state index in [2.05, 4.69) is 5.32 Å². The first-order valence-electron chi connectivity index (χ1n) is 4.77. The van der Waals surface area contributed by atoms with Crippen molar-refractivity contribution in [3.8, 4) is 5.75 Å². The van der Waals surface area contributed by atoms with Gasteiger partial charge in [-0.3, -0.25) is 0 Å². The monoisotopic (exact) mass is 215 g/mol. The molecule has 0 radical (unpaired) electrons. The molecule has 4 heteroatoms. The lowest BCUT2D eigenvalue weighted by atomic mass is 10.4. The summed E-state index contributed by atoms with van der Waals surface area (Å²) in [5.74, 6) is 0.971.